The number of carbonyl (C=O) groups is 3. The van der Waals surface area contributed by atoms with Crippen molar-refractivity contribution >= 4 is 23.3 Å². The molecule has 1 aromatic heterocycles. The summed E-state index contributed by atoms with van der Waals surface area (Å²) in [5.41, 5.74) is 1.69. The van der Waals surface area contributed by atoms with Crippen LogP contribution in [0.3, 0.4) is 0 Å². The second-order valence-corrected chi connectivity index (χ2v) is 6.94. The van der Waals surface area contributed by atoms with Crippen molar-refractivity contribution in [1.82, 2.24) is 4.90 Å². The maximum absolute atomic E-state index is 12.6. The Morgan fingerprint density at radius 3 is 2.62 bits per heavy atom. The quantitative estimate of drug-likeness (QED) is 0.833. The van der Waals surface area contributed by atoms with Gasteiger partial charge in [-0.05, 0) is 31.0 Å². The number of nitrogens with zero attached hydrogens (tertiary/aromatic N) is 1. The van der Waals surface area contributed by atoms with Gasteiger partial charge in [-0.2, -0.15) is 13.2 Å². The molecule has 0 fully saturated rings. The summed E-state index contributed by atoms with van der Waals surface area (Å²) in [6.07, 6.45) is -3.27. The molecule has 0 spiro atoms. The van der Waals surface area contributed by atoms with Crippen LogP contribution in [0.1, 0.15) is 50.6 Å². The van der Waals surface area contributed by atoms with Gasteiger partial charge in [-0.25, -0.2) is 0 Å². The van der Waals surface area contributed by atoms with Gasteiger partial charge in [-0.3, -0.25) is 14.4 Å². The lowest BCUT2D eigenvalue weighted by atomic mass is 9.94. The second kappa shape index (κ2) is 7.73. The summed E-state index contributed by atoms with van der Waals surface area (Å²) in [5.74, 6) is -2.01. The van der Waals surface area contributed by atoms with Crippen molar-refractivity contribution in [2.45, 2.75) is 38.9 Å². The van der Waals surface area contributed by atoms with Crippen LogP contribution in [0.5, 0.6) is 0 Å². The largest absolute Gasteiger partial charge is 0.471 e. The normalized spacial score (nSPS) is 13.8. The van der Waals surface area contributed by atoms with E-state index in [9.17, 15) is 27.6 Å². The van der Waals surface area contributed by atoms with Gasteiger partial charge in [-0.15, -0.1) is 0 Å². The lowest BCUT2D eigenvalue weighted by Crippen LogP contribution is -2.37. The zero-order chi connectivity index (χ0) is 21.3. The first-order chi connectivity index (χ1) is 13.6. The average molecular weight is 408 g/mol. The summed E-state index contributed by atoms with van der Waals surface area (Å²) in [7, 11) is 1.05. The number of rotatable bonds is 4. The molecular formula is C20H19F3N2O4. The molecule has 1 aliphatic carbocycles. The van der Waals surface area contributed by atoms with Gasteiger partial charge in [0.2, 0.25) is 0 Å². The second-order valence-electron chi connectivity index (χ2n) is 6.94. The Bertz CT molecular complexity index is 979. The minimum Gasteiger partial charge on any atom is -0.455 e. The number of amides is 2. The van der Waals surface area contributed by atoms with E-state index in [-0.39, 0.29) is 18.1 Å². The Labute approximate surface area is 164 Å². The van der Waals surface area contributed by atoms with E-state index in [1.165, 1.54) is 6.07 Å². The Morgan fingerprint density at radius 2 is 1.97 bits per heavy atom. The third kappa shape index (κ3) is 4.33. The van der Waals surface area contributed by atoms with E-state index in [1.54, 1.807) is 25.1 Å². The number of hydrogen-bond donors (Lipinski definition) is 1. The molecule has 154 valence electrons. The van der Waals surface area contributed by atoms with Gasteiger partial charge in [0.15, 0.2) is 11.5 Å². The smallest absolute Gasteiger partial charge is 0.455 e. The van der Waals surface area contributed by atoms with Crippen LogP contribution in [-0.2, 0) is 17.8 Å². The lowest BCUT2D eigenvalue weighted by molar-refractivity contribution is -0.184. The van der Waals surface area contributed by atoms with Gasteiger partial charge in [0, 0.05) is 37.7 Å². The number of hydrogen-bond acceptors (Lipinski definition) is 4. The molecular weight excluding hydrogens is 389 g/mol. The third-order valence-corrected chi connectivity index (χ3v) is 4.71. The van der Waals surface area contributed by atoms with Gasteiger partial charge >= 0.3 is 12.1 Å². The molecule has 1 aliphatic rings. The molecule has 2 aromatic rings. The van der Waals surface area contributed by atoms with Crippen LogP contribution < -0.4 is 5.32 Å². The minimum atomic E-state index is -4.95. The molecule has 0 unspecified atom stereocenters. The molecule has 6 nitrogen and oxygen atoms in total. The number of Topliss-reactive ketones (excluding diaryl/α,β-unsaturated/α-hetero) is 1. The van der Waals surface area contributed by atoms with Crippen molar-refractivity contribution in [3.63, 3.8) is 0 Å². The maximum atomic E-state index is 12.6. The fourth-order valence-corrected chi connectivity index (χ4v) is 3.36. The zero-order valence-electron chi connectivity index (χ0n) is 15.9. The van der Waals surface area contributed by atoms with Crippen molar-refractivity contribution < 1.29 is 32.0 Å². The number of ketones is 1. The van der Waals surface area contributed by atoms with Gasteiger partial charge in [0.05, 0.1) is 5.56 Å². The van der Waals surface area contributed by atoms with Crippen LogP contribution in [0.4, 0.5) is 18.9 Å². The summed E-state index contributed by atoms with van der Waals surface area (Å²) in [6.45, 7) is 1.37. The number of anilines is 1. The van der Waals surface area contributed by atoms with Crippen LogP contribution in [0.15, 0.2) is 28.7 Å². The maximum Gasteiger partial charge on any atom is 0.471 e. The predicted molar refractivity (Wildman–Crippen MR) is 97.6 cm³/mol. The highest BCUT2D eigenvalue weighted by Crippen LogP contribution is 2.30. The summed E-state index contributed by atoms with van der Waals surface area (Å²) in [5, 5.41) is 2.63. The first-order valence-corrected chi connectivity index (χ1v) is 8.96. The van der Waals surface area contributed by atoms with E-state index in [4.69, 9.17) is 4.42 Å². The fourth-order valence-electron chi connectivity index (χ4n) is 3.36. The molecule has 0 aliphatic heterocycles. The molecule has 9 heteroatoms. The first kappa shape index (κ1) is 20.6. The molecule has 0 saturated heterocycles. The standard InChI is InChI=1S/C20H19F3N2O4/c1-11-16-14(26)7-4-8-15(16)29-17(11)18(27)24-13-6-3-5-12(9-13)10-25(2)19(28)20(21,22)23/h3,5-6,9H,4,7-8,10H2,1-2H3,(H,24,27). The SMILES string of the molecule is Cc1c(C(=O)Nc2cccc(CN(C)C(=O)C(F)(F)F)c2)oc2c1C(=O)CCC2. The van der Waals surface area contributed by atoms with E-state index in [0.29, 0.717) is 52.3 Å². The Hall–Kier alpha value is -3.10. The van der Waals surface area contributed by atoms with Gasteiger partial charge < -0.3 is 14.6 Å². The van der Waals surface area contributed by atoms with Crippen molar-refractivity contribution in [2.24, 2.45) is 0 Å². The van der Waals surface area contributed by atoms with Crippen molar-refractivity contribution in [1.29, 1.82) is 0 Å². The topological polar surface area (TPSA) is 79.6 Å². The van der Waals surface area contributed by atoms with E-state index < -0.39 is 18.0 Å². The Balaban J connectivity index is 1.75. The average Bonchev–Trinajstić information content (AvgIpc) is 2.98. The van der Waals surface area contributed by atoms with Crippen molar-refractivity contribution in [3.8, 4) is 0 Å². The molecule has 3 rings (SSSR count). The molecule has 1 heterocycles. The van der Waals surface area contributed by atoms with Crippen LogP contribution in [0.25, 0.3) is 0 Å². The number of aryl methyl sites for hydroxylation is 1. The molecule has 0 radical (unpaired) electrons. The summed E-state index contributed by atoms with van der Waals surface area (Å²) in [6, 6.07) is 6.14. The molecule has 0 atom stereocenters. The predicted octanol–water partition coefficient (Wildman–Crippen LogP) is 3.88. The van der Waals surface area contributed by atoms with E-state index >= 15 is 0 Å². The van der Waals surface area contributed by atoms with Crippen molar-refractivity contribution in [3.05, 3.63) is 52.5 Å². The van der Waals surface area contributed by atoms with Crippen LogP contribution in [-0.4, -0.2) is 35.7 Å². The van der Waals surface area contributed by atoms with Gasteiger partial charge in [-0.1, -0.05) is 12.1 Å². The number of halogens is 3. The van der Waals surface area contributed by atoms with Gasteiger partial charge in [0.25, 0.3) is 5.91 Å². The number of furan rings is 1. The molecule has 0 saturated carbocycles. The van der Waals surface area contributed by atoms with Crippen LogP contribution in [0, 0.1) is 6.92 Å². The number of alkyl halides is 3. The van der Waals surface area contributed by atoms with Crippen LogP contribution >= 0.6 is 0 Å². The monoisotopic (exact) mass is 408 g/mol. The Kier molecular flexibility index (Phi) is 5.50. The molecule has 0 bridgehead atoms. The number of benzene rings is 1. The van der Waals surface area contributed by atoms with E-state index in [0.717, 1.165) is 7.05 Å². The van der Waals surface area contributed by atoms with Crippen LogP contribution in [0.2, 0.25) is 0 Å². The van der Waals surface area contributed by atoms with Gasteiger partial charge in [0.1, 0.15) is 5.76 Å². The first-order valence-electron chi connectivity index (χ1n) is 8.96. The number of fused-ring (bicyclic) bond motifs is 1. The van der Waals surface area contributed by atoms with E-state index in [2.05, 4.69) is 5.32 Å². The summed E-state index contributed by atoms with van der Waals surface area (Å²) >= 11 is 0. The molecule has 2 amide bonds. The Morgan fingerprint density at radius 1 is 1.24 bits per heavy atom. The lowest BCUT2D eigenvalue weighted by Gasteiger charge is -2.19. The van der Waals surface area contributed by atoms with E-state index in [1.807, 2.05) is 0 Å². The molecule has 1 N–H and O–H groups in total. The highest BCUT2D eigenvalue weighted by atomic mass is 19.4. The highest BCUT2D eigenvalue weighted by Gasteiger charge is 2.41. The minimum absolute atomic E-state index is 0.0417. The molecule has 29 heavy (non-hydrogen) atoms. The summed E-state index contributed by atoms with van der Waals surface area (Å²) in [4.78, 5) is 36.5. The zero-order valence-corrected chi connectivity index (χ0v) is 15.9. The number of carbonyl (C=O) groups excluding carboxylic acids is 3. The third-order valence-electron chi connectivity index (χ3n) is 4.71. The fraction of sp³-hybridized carbons (Fsp3) is 0.350. The molecule has 1 aromatic carbocycles. The highest BCUT2D eigenvalue weighted by molar-refractivity contribution is 6.07. The van der Waals surface area contributed by atoms with Crippen molar-refractivity contribution in [2.75, 3.05) is 12.4 Å². The summed E-state index contributed by atoms with van der Waals surface area (Å²) < 4.78 is 43.2. The number of nitrogens with one attached hydrogen (secondary N) is 1.